The maximum atomic E-state index is 13.5. The minimum Gasteiger partial charge on any atom is -0.396 e. The van der Waals surface area contributed by atoms with Crippen LogP contribution in [-0.4, -0.2) is 60.6 Å². The Morgan fingerprint density at radius 3 is 2.46 bits per heavy atom. The molecule has 150 valence electrons. The van der Waals surface area contributed by atoms with Gasteiger partial charge in [-0.2, -0.15) is 0 Å². The largest absolute Gasteiger partial charge is 0.396 e. The minimum atomic E-state index is 0.0786. The van der Waals surface area contributed by atoms with E-state index in [1.165, 1.54) is 11.1 Å². The summed E-state index contributed by atoms with van der Waals surface area (Å²) in [4.78, 5) is 17.6. The van der Waals surface area contributed by atoms with Crippen molar-refractivity contribution in [2.45, 2.75) is 32.2 Å². The molecule has 1 fully saturated rings. The van der Waals surface area contributed by atoms with E-state index in [1.54, 1.807) is 0 Å². The van der Waals surface area contributed by atoms with Crippen LogP contribution in [-0.2, 0) is 6.42 Å². The van der Waals surface area contributed by atoms with Gasteiger partial charge in [0.25, 0.3) is 5.91 Å². The number of benzene rings is 2. The molecule has 3 rings (SSSR count). The van der Waals surface area contributed by atoms with Gasteiger partial charge in [0.1, 0.15) is 0 Å². The number of rotatable bonds is 5. The molecule has 4 nitrogen and oxygen atoms in total. The zero-order chi connectivity index (χ0) is 20.1. The number of aliphatic hydroxyl groups is 1. The van der Waals surface area contributed by atoms with E-state index >= 15 is 0 Å². The first-order chi connectivity index (χ1) is 13.5. The topological polar surface area (TPSA) is 43.8 Å². The van der Waals surface area contributed by atoms with Crippen molar-refractivity contribution >= 4 is 5.91 Å². The van der Waals surface area contributed by atoms with E-state index < -0.39 is 0 Å². The second-order valence-corrected chi connectivity index (χ2v) is 8.27. The van der Waals surface area contributed by atoms with Crippen LogP contribution in [0.2, 0.25) is 0 Å². The van der Waals surface area contributed by atoms with Crippen LogP contribution < -0.4 is 0 Å². The summed E-state index contributed by atoms with van der Waals surface area (Å²) in [5, 5.41) is 9.73. The normalized spacial score (nSPS) is 20.2. The molecule has 28 heavy (non-hydrogen) atoms. The zero-order valence-electron chi connectivity index (χ0n) is 17.3. The number of likely N-dealkylation sites (tertiary alicyclic amines) is 1. The van der Waals surface area contributed by atoms with Crippen molar-refractivity contribution < 1.29 is 9.90 Å². The lowest BCUT2D eigenvalue weighted by Crippen LogP contribution is -2.43. The van der Waals surface area contributed by atoms with E-state index in [1.807, 2.05) is 23.1 Å². The summed E-state index contributed by atoms with van der Waals surface area (Å²) in [6.07, 6.45) is 2.71. The molecule has 0 bridgehead atoms. The van der Waals surface area contributed by atoms with Gasteiger partial charge in [-0.15, -0.1) is 0 Å². The van der Waals surface area contributed by atoms with Crippen LogP contribution in [0.1, 0.15) is 39.9 Å². The highest BCUT2D eigenvalue weighted by atomic mass is 16.3. The fourth-order valence-electron chi connectivity index (χ4n) is 3.97. The van der Waals surface area contributed by atoms with Crippen LogP contribution in [0.4, 0.5) is 0 Å². The van der Waals surface area contributed by atoms with Gasteiger partial charge in [-0.3, -0.25) is 4.79 Å². The summed E-state index contributed by atoms with van der Waals surface area (Å²) in [6.45, 7) is 3.55. The lowest BCUT2D eigenvalue weighted by atomic mass is 9.98. The molecule has 1 aliphatic heterocycles. The third kappa shape index (κ3) is 5.00. The third-order valence-corrected chi connectivity index (χ3v) is 5.86. The fourth-order valence-corrected chi connectivity index (χ4v) is 3.97. The maximum absolute atomic E-state index is 13.5. The SMILES string of the molecule is Cc1ccc(Cc2ccccc2C(=O)N2C[C@@H](CO)CC[C@@H](N(C)C)C2)cc1. The lowest BCUT2D eigenvalue weighted by molar-refractivity contribution is 0.0688. The van der Waals surface area contributed by atoms with Gasteiger partial charge in [0, 0.05) is 31.3 Å². The molecule has 0 spiro atoms. The summed E-state index contributed by atoms with van der Waals surface area (Å²) in [5.74, 6) is 0.230. The third-order valence-electron chi connectivity index (χ3n) is 5.86. The van der Waals surface area contributed by atoms with Gasteiger partial charge in [0.2, 0.25) is 0 Å². The first kappa shape index (κ1) is 20.6. The number of hydrogen-bond donors (Lipinski definition) is 1. The molecule has 0 unspecified atom stereocenters. The highest BCUT2D eigenvalue weighted by Crippen LogP contribution is 2.23. The maximum Gasteiger partial charge on any atom is 0.254 e. The molecular formula is C24H32N2O2. The molecule has 1 N–H and O–H groups in total. The van der Waals surface area contributed by atoms with E-state index in [9.17, 15) is 9.90 Å². The Morgan fingerprint density at radius 2 is 1.79 bits per heavy atom. The van der Waals surface area contributed by atoms with Crippen LogP contribution in [0.15, 0.2) is 48.5 Å². The molecule has 0 saturated carbocycles. The van der Waals surface area contributed by atoms with Gasteiger partial charge in [0.05, 0.1) is 0 Å². The Labute approximate surface area is 168 Å². The number of hydrogen-bond acceptors (Lipinski definition) is 3. The van der Waals surface area contributed by atoms with Crippen molar-refractivity contribution in [2.75, 3.05) is 33.8 Å². The highest BCUT2D eigenvalue weighted by molar-refractivity contribution is 5.96. The molecule has 0 radical (unpaired) electrons. The minimum absolute atomic E-state index is 0.0786. The molecule has 1 heterocycles. The van der Waals surface area contributed by atoms with Gasteiger partial charge < -0.3 is 14.9 Å². The molecule has 1 aliphatic rings. The Balaban J connectivity index is 1.85. The Bertz CT molecular complexity index is 785. The van der Waals surface area contributed by atoms with Gasteiger partial charge in [-0.05, 0) is 63.4 Å². The molecule has 1 saturated heterocycles. The summed E-state index contributed by atoms with van der Waals surface area (Å²) in [5.41, 5.74) is 4.28. The van der Waals surface area contributed by atoms with E-state index in [2.05, 4.69) is 56.3 Å². The zero-order valence-corrected chi connectivity index (χ0v) is 17.3. The molecule has 2 atom stereocenters. The average Bonchev–Trinajstić information content (AvgIpc) is 2.92. The van der Waals surface area contributed by atoms with Crippen molar-refractivity contribution in [3.05, 3.63) is 70.8 Å². The molecule has 2 aromatic rings. The van der Waals surface area contributed by atoms with Crippen LogP contribution in [0.3, 0.4) is 0 Å². The van der Waals surface area contributed by atoms with Crippen molar-refractivity contribution in [1.29, 1.82) is 0 Å². The van der Waals surface area contributed by atoms with Crippen molar-refractivity contribution in [1.82, 2.24) is 9.80 Å². The first-order valence-electron chi connectivity index (χ1n) is 10.2. The van der Waals surface area contributed by atoms with E-state index in [-0.39, 0.29) is 18.4 Å². The number of aryl methyl sites for hydroxylation is 1. The van der Waals surface area contributed by atoms with Crippen molar-refractivity contribution in [3.8, 4) is 0 Å². The Kier molecular flexibility index (Phi) is 6.87. The number of nitrogens with zero attached hydrogens (tertiary/aromatic N) is 2. The average molecular weight is 381 g/mol. The number of aliphatic hydroxyl groups excluding tert-OH is 1. The second kappa shape index (κ2) is 9.35. The lowest BCUT2D eigenvalue weighted by Gasteiger charge is -2.29. The molecular weight excluding hydrogens is 348 g/mol. The fraction of sp³-hybridized carbons (Fsp3) is 0.458. The molecule has 0 aliphatic carbocycles. The number of carbonyl (C=O) groups excluding carboxylic acids is 1. The molecule has 1 amide bonds. The highest BCUT2D eigenvalue weighted by Gasteiger charge is 2.29. The van der Waals surface area contributed by atoms with E-state index in [4.69, 9.17) is 0 Å². The van der Waals surface area contributed by atoms with Crippen LogP contribution in [0, 0.1) is 12.8 Å². The van der Waals surface area contributed by atoms with Gasteiger partial charge in [0.15, 0.2) is 0 Å². The van der Waals surface area contributed by atoms with E-state index in [0.29, 0.717) is 19.1 Å². The van der Waals surface area contributed by atoms with Crippen LogP contribution in [0.25, 0.3) is 0 Å². The van der Waals surface area contributed by atoms with Gasteiger partial charge >= 0.3 is 0 Å². The van der Waals surface area contributed by atoms with Gasteiger partial charge in [-0.1, -0.05) is 48.0 Å². The predicted octanol–water partition coefficient (Wildman–Crippen LogP) is 3.36. The van der Waals surface area contributed by atoms with Crippen LogP contribution in [0.5, 0.6) is 0 Å². The Morgan fingerprint density at radius 1 is 1.07 bits per heavy atom. The summed E-state index contributed by atoms with van der Waals surface area (Å²) in [6, 6.07) is 16.7. The Hall–Kier alpha value is -2.17. The van der Waals surface area contributed by atoms with Gasteiger partial charge in [-0.25, -0.2) is 0 Å². The predicted molar refractivity (Wildman–Crippen MR) is 114 cm³/mol. The summed E-state index contributed by atoms with van der Waals surface area (Å²) in [7, 11) is 4.13. The van der Waals surface area contributed by atoms with Crippen LogP contribution >= 0.6 is 0 Å². The summed E-state index contributed by atoms with van der Waals surface area (Å²) >= 11 is 0. The second-order valence-electron chi connectivity index (χ2n) is 8.27. The first-order valence-corrected chi connectivity index (χ1v) is 10.2. The smallest absolute Gasteiger partial charge is 0.254 e. The molecule has 2 aromatic carbocycles. The molecule has 4 heteroatoms. The number of carbonyl (C=O) groups is 1. The number of likely N-dealkylation sites (N-methyl/N-ethyl adjacent to an activating group) is 1. The molecule has 0 aromatic heterocycles. The van der Waals surface area contributed by atoms with E-state index in [0.717, 1.165) is 30.4 Å². The van der Waals surface area contributed by atoms with Crippen molar-refractivity contribution in [3.63, 3.8) is 0 Å². The van der Waals surface area contributed by atoms with Crippen molar-refractivity contribution in [2.24, 2.45) is 5.92 Å². The monoisotopic (exact) mass is 380 g/mol. The number of amides is 1. The summed E-state index contributed by atoms with van der Waals surface area (Å²) < 4.78 is 0. The quantitative estimate of drug-likeness (QED) is 0.865. The standard InChI is InChI=1S/C24H32N2O2/c1-18-8-10-19(11-9-18)14-21-6-4-5-7-23(21)24(28)26-15-20(17-27)12-13-22(16-26)25(2)3/h4-11,20,22,27H,12-17H2,1-3H3/t20-,22+/m0/s1.